The third-order valence-corrected chi connectivity index (χ3v) is 6.46. The Morgan fingerprint density at radius 2 is 1.60 bits per heavy atom. The first-order valence-electron chi connectivity index (χ1n) is 9.11. The molecule has 3 rings (SSSR count). The smallest absolute Gasteiger partial charge is 0.0802 e. The van der Waals surface area contributed by atoms with Gasteiger partial charge in [0, 0.05) is 19.7 Å². The molecule has 0 aromatic heterocycles. The number of hydrogen-bond acceptors (Lipinski definition) is 2. The van der Waals surface area contributed by atoms with Crippen LogP contribution in [-0.2, 0) is 4.74 Å². The van der Waals surface area contributed by atoms with Crippen LogP contribution in [0.5, 0.6) is 0 Å². The molecule has 20 heavy (non-hydrogen) atoms. The quantitative estimate of drug-likeness (QED) is 0.811. The summed E-state index contributed by atoms with van der Waals surface area (Å²) in [4.78, 5) is 0. The Kier molecular flexibility index (Phi) is 5.04. The predicted molar refractivity (Wildman–Crippen MR) is 83.9 cm³/mol. The molecule has 3 aliphatic rings. The summed E-state index contributed by atoms with van der Waals surface area (Å²) in [7, 11) is 1.90. The van der Waals surface area contributed by atoms with E-state index >= 15 is 0 Å². The lowest BCUT2D eigenvalue weighted by Gasteiger charge is -2.44. The maximum absolute atomic E-state index is 5.78. The molecule has 1 N–H and O–H groups in total. The number of ether oxygens (including phenoxy) is 1. The van der Waals surface area contributed by atoms with Crippen LogP contribution in [0.1, 0.15) is 77.0 Å². The zero-order chi connectivity index (χ0) is 13.8. The second kappa shape index (κ2) is 6.79. The number of methoxy groups -OCH3 is 1. The number of nitrogens with one attached hydrogen (secondary N) is 1. The average molecular weight is 279 g/mol. The molecule has 2 atom stereocenters. The first-order chi connectivity index (χ1) is 9.83. The van der Waals surface area contributed by atoms with E-state index < -0.39 is 0 Å². The summed E-state index contributed by atoms with van der Waals surface area (Å²) in [5, 5.41) is 3.94. The minimum atomic E-state index is 0.189. The molecule has 3 fully saturated rings. The van der Waals surface area contributed by atoms with Gasteiger partial charge in [0.15, 0.2) is 0 Å². The van der Waals surface area contributed by atoms with Crippen LogP contribution in [0.15, 0.2) is 0 Å². The topological polar surface area (TPSA) is 21.3 Å². The SMILES string of the molecule is COC1(CNC2CCCCC2C2CCCCC2)CCC1. The lowest BCUT2D eigenvalue weighted by Crippen LogP contribution is -2.53. The first-order valence-corrected chi connectivity index (χ1v) is 9.11. The van der Waals surface area contributed by atoms with Crippen LogP contribution in [0.2, 0.25) is 0 Å². The Bertz CT molecular complexity index is 288. The molecule has 0 bridgehead atoms. The molecule has 0 aromatic rings. The van der Waals surface area contributed by atoms with E-state index in [1.54, 1.807) is 0 Å². The minimum Gasteiger partial charge on any atom is -0.377 e. The van der Waals surface area contributed by atoms with Crippen LogP contribution in [0, 0.1) is 11.8 Å². The lowest BCUT2D eigenvalue weighted by molar-refractivity contribution is -0.0732. The van der Waals surface area contributed by atoms with E-state index in [9.17, 15) is 0 Å². The van der Waals surface area contributed by atoms with E-state index in [0.29, 0.717) is 0 Å². The van der Waals surface area contributed by atoms with Gasteiger partial charge in [-0.15, -0.1) is 0 Å². The molecule has 0 aromatic carbocycles. The van der Waals surface area contributed by atoms with Gasteiger partial charge in [-0.1, -0.05) is 44.9 Å². The van der Waals surface area contributed by atoms with Crippen molar-refractivity contribution in [3.8, 4) is 0 Å². The van der Waals surface area contributed by atoms with E-state index in [4.69, 9.17) is 4.74 Å². The monoisotopic (exact) mass is 279 g/mol. The van der Waals surface area contributed by atoms with E-state index in [2.05, 4.69) is 5.32 Å². The Labute approximate surface area is 125 Å². The fourth-order valence-electron chi connectivity index (χ4n) is 4.88. The number of rotatable bonds is 5. The highest BCUT2D eigenvalue weighted by atomic mass is 16.5. The summed E-state index contributed by atoms with van der Waals surface area (Å²) >= 11 is 0. The largest absolute Gasteiger partial charge is 0.377 e. The zero-order valence-corrected chi connectivity index (χ0v) is 13.3. The Hall–Kier alpha value is -0.0800. The fraction of sp³-hybridized carbons (Fsp3) is 1.00. The van der Waals surface area contributed by atoms with E-state index in [-0.39, 0.29) is 5.60 Å². The molecular weight excluding hydrogens is 246 g/mol. The van der Waals surface area contributed by atoms with E-state index in [0.717, 1.165) is 24.4 Å². The van der Waals surface area contributed by atoms with Crippen LogP contribution in [-0.4, -0.2) is 25.3 Å². The van der Waals surface area contributed by atoms with Crippen molar-refractivity contribution >= 4 is 0 Å². The predicted octanol–water partition coefficient (Wildman–Crippen LogP) is 4.28. The molecule has 116 valence electrons. The van der Waals surface area contributed by atoms with Crippen molar-refractivity contribution in [2.75, 3.05) is 13.7 Å². The third kappa shape index (κ3) is 3.22. The highest BCUT2D eigenvalue weighted by molar-refractivity contribution is 4.94. The van der Waals surface area contributed by atoms with Crippen LogP contribution in [0.3, 0.4) is 0 Å². The van der Waals surface area contributed by atoms with Gasteiger partial charge in [-0.3, -0.25) is 0 Å². The van der Waals surface area contributed by atoms with Crippen molar-refractivity contribution in [2.24, 2.45) is 11.8 Å². The lowest BCUT2D eigenvalue weighted by atomic mass is 9.70. The second-order valence-electron chi connectivity index (χ2n) is 7.57. The Morgan fingerprint density at radius 1 is 0.900 bits per heavy atom. The van der Waals surface area contributed by atoms with Crippen LogP contribution >= 0.6 is 0 Å². The average Bonchev–Trinajstić information content (AvgIpc) is 2.48. The van der Waals surface area contributed by atoms with Crippen LogP contribution in [0.4, 0.5) is 0 Å². The van der Waals surface area contributed by atoms with Crippen molar-refractivity contribution in [1.82, 2.24) is 5.32 Å². The summed E-state index contributed by atoms with van der Waals surface area (Å²) in [6.45, 7) is 1.09. The molecule has 0 aliphatic heterocycles. The summed E-state index contributed by atoms with van der Waals surface area (Å²) < 4.78 is 5.78. The van der Waals surface area contributed by atoms with Gasteiger partial charge in [0.2, 0.25) is 0 Å². The van der Waals surface area contributed by atoms with Crippen molar-refractivity contribution < 1.29 is 4.74 Å². The van der Waals surface area contributed by atoms with Gasteiger partial charge in [-0.25, -0.2) is 0 Å². The van der Waals surface area contributed by atoms with Crippen molar-refractivity contribution in [3.63, 3.8) is 0 Å². The molecular formula is C18H33NO. The molecule has 2 heteroatoms. The molecule has 0 spiro atoms. The molecule has 0 amide bonds. The number of hydrogen-bond donors (Lipinski definition) is 1. The van der Waals surface area contributed by atoms with Gasteiger partial charge < -0.3 is 10.1 Å². The van der Waals surface area contributed by atoms with Gasteiger partial charge in [0.05, 0.1) is 5.60 Å². The normalized spacial score (nSPS) is 34.6. The van der Waals surface area contributed by atoms with Gasteiger partial charge in [0.25, 0.3) is 0 Å². The zero-order valence-electron chi connectivity index (χ0n) is 13.3. The highest BCUT2D eigenvalue weighted by Gasteiger charge is 2.39. The highest BCUT2D eigenvalue weighted by Crippen LogP contribution is 2.39. The maximum Gasteiger partial charge on any atom is 0.0802 e. The maximum atomic E-state index is 5.78. The molecule has 3 saturated carbocycles. The molecule has 2 nitrogen and oxygen atoms in total. The minimum absolute atomic E-state index is 0.189. The first kappa shape index (κ1) is 14.8. The Morgan fingerprint density at radius 3 is 2.25 bits per heavy atom. The van der Waals surface area contributed by atoms with Gasteiger partial charge >= 0.3 is 0 Å². The van der Waals surface area contributed by atoms with Gasteiger partial charge in [-0.05, 0) is 43.9 Å². The third-order valence-electron chi connectivity index (χ3n) is 6.46. The van der Waals surface area contributed by atoms with Crippen LogP contribution in [0.25, 0.3) is 0 Å². The standard InChI is InChI=1S/C18H33NO/c1-20-18(12-7-13-18)14-19-17-11-6-5-10-16(17)15-8-3-2-4-9-15/h15-17,19H,2-14H2,1H3. The van der Waals surface area contributed by atoms with Crippen molar-refractivity contribution in [3.05, 3.63) is 0 Å². The molecule has 0 heterocycles. The summed E-state index contributed by atoms with van der Waals surface area (Å²) in [5.74, 6) is 1.97. The Balaban J connectivity index is 1.54. The molecule has 0 saturated heterocycles. The van der Waals surface area contributed by atoms with E-state index in [1.807, 2.05) is 7.11 Å². The van der Waals surface area contributed by atoms with Crippen molar-refractivity contribution in [2.45, 2.75) is 88.7 Å². The van der Waals surface area contributed by atoms with Crippen LogP contribution < -0.4 is 5.32 Å². The van der Waals surface area contributed by atoms with Crippen molar-refractivity contribution in [1.29, 1.82) is 0 Å². The summed E-state index contributed by atoms with van der Waals surface area (Å²) in [5.41, 5.74) is 0.189. The van der Waals surface area contributed by atoms with Gasteiger partial charge in [0.1, 0.15) is 0 Å². The fourth-order valence-corrected chi connectivity index (χ4v) is 4.88. The molecule has 2 unspecified atom stereocenters. The molecule has 0 radical (unpaired) electrons. The summed E-state index contributed by atoms with van der Waals surface area (Å²) in [6.07, 6.45) is 17.1. The second-order valence-corrected chi connectivity index (χ2v) is 7.57. The van der Waals surface area contributed by atoms with E-state index in [1.165, 1.54) is 77.0 Å². The summed E-state index contributed by atoms with van der Waals surface area (Å²) in [6, 6.07) is 0.777. The molecule has 3 aliphatic carbocycles. The van der Waals surface area contributed by atoms with Gasteiger partial charge in [-0.2, -0.15) is 0 Å².